The number of pyridine rings is 1. The van der Waals surface area contributed by atoms with Gasteiger partial charge < -0.3 is 22.3 Å². The summed E-state index contributed by atoms with van der Waals surface area (Å²) in [6.45, 7) is 2.85. The lowest BCUT2D eigenvalue weighted by molar-refractivity contribution is -0.700. The van der Waals surface area contributed by atoms with E-state index in [-0.39, 0.29) is 22.9 Å². The van der Waals surface area contributed by atoms with Gasteiger partial charge in [0.2, 0.25) is 12.6 Å². The number of aromatic nitrogens is 1. The molecule has 28 heavy (non-hydrogen) atoms. The number of unbranched alkanes of at least 4 members (excludes halogenated alkanes) is 14. The molecule has 0 saturated heterocycles. The molecule has 4 heteroatoms. The Bertz CT molecular complexity index is 453. The fraction of sp³-hybridized carbons (Fsp3) is 0.750. The summed E-state index contributed by atoms with van der Waals surface area (Å²) in [7, 11) is 0. The van der Waals surface area contributed by atoms with Crippen LogP contribution in [0.5, 0.6) is 0 Å². The third kappa shape index (κ3) is 17.2. The van der Waals surface area contributed by atoms with E-state index in [0.717, 1.165) is 6.42 Å². The summed E-state index contributed by atoms with van der Waals surface area (Å²) < 4.78 is 1.98. The Labute approximate surface area is 184 Å². The third-order valence-electron chi connectivity index (χ3n) is 5.24. The number of rotatable bonds is 18. The standard InChI is InChI=1S/C24H42N2O.BrH/c1-2-3-4-5-6-7-8-9-10-11-12-13-14-15-17-20-24(27)25-23-26-21-18-16-19-22-26;/h16,18-19,21-22H,2-15,17,20,23H2,1H3;1H. The van der Waals surface area contributed by atoms with Crippen molar-refractivity contribution < 1.29 is 26.3 Å². The summed E-state index contributed by atoms with van der Waals surface area (Å²) >= 11 is 0. The van der Waals surface area contributed by atoms with E-state index in [0.29, 0.717) is 13.1 Å². The first-order valence-corrected chi connectivity index (χ1v) is 11.5. The van der Waals surface area contributed by atoms with Gasteiger partial charge in [-0.05, 0) is 6.42 Å². The van der Waals surface area contributed by atoms with Crippen LogP contribution in [-0.2, 0) is 11.5 Å². The maximum atomic E-state index is 11.8. The molecule has 1 N–H and O–H groups in total. The van der Waals surface area contributed by atoms with Gasteiger partial charge in [-0.25, -0.2) is 0 Å². The smallest absolute Gasteiger partial charge is 0.224 e. The van der Waals surface area contributed by atoms with Crippen LogP contribution in [0, 0.1) is 0 Å². The Morgan fingerprint density at radius 2 is 1.11 bits per heavy atom. The topological polar surface area (TPSA) is 33.0 Å². The predicted molar refractivity (Wildman–Crippen MR) is 114 cm³/mol. The highest BCUT2D eigenvalue weighted by atomic mass is 79.9. The number of carbonyl (C=O) groups is 1. The van der Waals surface area contributed by atoms with Crippen molar-refractivity contribution in [3.8, 4) is 0 Å². The van der Waals surface area contributed by atoms with Gasteiger partial charge in [-0.1, -0.05) is 103 Å². The number of amides is 1. The predicted octanol–water partition coefficient (Wildman–Crippen LogP) is 3.31. The van der Waals surface area contributed by atoms with Crippen LogP contribution in [0.1, 0.15) is 110 Å². The van der Waals surface area contributed by atoms with Gasteiger partial charge in [0.1, 0.15) is 0 Å². The van der Waals surface area contributed by atoms with Crippen LogP contribution in [0.25, 0.3) is 0 Å². The zero-order valence-corrected chi connectivity index (χ0v) is 19.7. The molecule has 1 heterocycles. The second-order valence-corrected chi connectivity index (χ2v) is 7.85. The van der Waals surface area contributed by atoms with Gasteiger partial charge in [-0.2, -0.15) is 4.57 Å². The number of halogens is 1. The molecule has 1 aromatic rings. The maximum absolute atomic E-state index is 11.8. The molecule has 0 aliphatic heterocycles. The van der Waals surface area contributed by atoms with E-state index in [4.69, 9.17) is 0 Å². The quantitative estimate of drug-likeness (QED) is 0.267. The Kier molecular flexibility index (Phi) is 20.2. The average molecular weight is 456 g/mol. The summed E-state index contributed by atoms with van der Waals surface area (Å²) in [5.74, 6) is 0.168. The molecule has 1 amide bonds. The summed E-state index contributed by atoms with van der Waals surface area (Å²) in [5.41, 5.74) is 0. The van der Waals surface area contributed by atoms with Crippen LogP contribution >= 0.6 is 0 Å². The van der Waals surface area contributed by atoms with E-state index in [2.05, 4.69) is 12.2 Å². The highest BCUT2D eigenvalue weighted by Crippen LogP contribution is 2.13. The minimum Gasteiger partial charge on any atom is -1.00 e. The van der Waals surface area contributed by atoms with Crippen LogP contribution in [0.3, 0.4) is 0 Å². The number of hydrogen-bond acceptors (Lipinski definition) is 1. The first-order chi connectivity index (χ1) is 13.3. The van der Waals surface area contributed by atoms with Gasteiger partial charge in [0.15, 0.2) is 12.4 Å². The van der Waals surface area contributed by atoms with E-state index >= 15 is 0 Å². The Hall–Kier alpha value is -0.900. The number of carbonyl (C=O) groups excluding carboxylic acids is 1. The molecule has 0 saturated carbocycles. The van der Waals surface area contributed by atoms with Crippen LogP contribution in [0.15, 0.2) is 30.6 Å². The van der Waals surface area contributed by atoms with E-state index in [9.17, 15) is 4.79 Å². The Balaban J connectivity index is 0.00000729. The zero-order chi connectivity index (χ0) is 19.4. The van der Waals surface area contributed by atoms with Gasteiger partial charge in [-0.3, -0.25) is 4.79 Å². The van der Waals surface area contributed by atoms with Gasteiger partial charge in [0.05, 0.1) is 0 Å². The van der Waals surface area contributed by atoms with Crippen molar-refractivity contribution in [3.05, 3.63) is 30.6 Å². The molecule has 0 bridgehead atoms. The summed E-state index contributed by atoms with van der Waals surface area (Å²) in [6.07, 6.45) is 24.9. The second kappa shape index (κ2) is 20.8. The molecule has 1 aromatic heterocycles. The molecule has 3 nitrogen and oxygen atoms in total. The summed E-state index contributed by atoms with van der Waals surface area (Å²) in [5, 5.41) is 2.97. The number of hydrogen-bond donors (Lipinski definition) is 1. The van der Waals surface area contributed by atoms with Crippen LogP contribution in [-0.4, -0.2) is 5.91 Å². The highest BCUT2D eigenvalue weighted by Gasteiger charge is 2.03. The molecular weight excluding hydrogens is 412 g/mol. The first-order valence-electron chi connectivity index (χ1n) is 11.5. The van der Waals surface area contributed by atoms with E-state index in [1.165, 1.54) is 89.9 Å². The average Bonchev–Trinajstić information content (AvgIpc) is 2.70. The van der Waals surface area contributed by atoms with Gasteiger partial charge in [0, 0.05) is 18.6 Å². The third-order valence-corrected chi connectivity index (χ3v) is 5.24. The normalized spacial score (nSPS) is 10.5. The van der Waals surface area contributed by atoms with Crippen molar-refractivity contribution in [1.82, 2.24) is 5.32 Å². The lowest BCUT2D eigenvalue weighted by Gasteiger charge is -2.04. The van der Waals surface area contributed by atoms with Crippen LogP contribution < -0.4 is 26.9 Å². The molecular formula is C24H43BrN2O. The molecule has 0 radical (unpaired) electrons. The number of nitrogens with one attached hydrogen (secondary N) is 1. The van der Waals surface area contributed by atoms with E-state index in [1.54, 1.807) is 0 Å². The van der Waals surface area contributed by atoms with Crippen molar-refractivity contribution in [3.63, 3.8) is 0 Å². The fourth-order valence-electron chi connectivity index (χ4n) is 3.46. The first kappa shape index (κ1) is 27.1. The lowest BCUT2D eigenvalue weighted by atomic mass is 10.0. The SMILES string of the molecule is CCCCCCCCCCCCCCCCCC(=O)NC[n+]1ccccc1.[Br-]. The molecule has 1 rings (SSSR count). The largest absolute Gasteiger partial charge is 1.00 e. The van der Waals surface area contributed by atoms with Crippen LogP contribution in [0.2, 0.25) is 0 Å². The van der Waals surface area contributed by atoms with E-state index < -0.39 is 0 Å². The Morgan fingerprint density at radius 3 is 1.57 bits per heavy atom. The summed E-state index contributed by atoms with van der Waals surface area (Å²) in [4.78, 5) is 11.8. The molecule has 0 spiro atoms. The molecule has 162 valence electrons. The molecule has 0 aromatic carbocycles. The number of nitrogens with zero attached hydrogens (tertiary/aromatic N) is 1. The second-order valence-electron chi connectivity index (χ2n) is 7.85. The monoisotopic (exact) mass is 454 g/mol. The van der Waals surface area contributed by atoms with Crippen molar-refractivity contribution >= 4 is 5.91 Å². The van der Waals surface area contributed by atoms with Crippen LogP contribution in [0.4, 0.5) is 0 Å². The molecule has 0 aliphatic rings. The molecule has 0 aliphatic carbocycles. The van der Waals surface area contributed by atoms with Gasteiger partial charge in [0.25, 0.3) is 0 Å². The van der Waals surface area contributed by atoms with Crippen molar-refractivity contribution in [2.75, 3.05) is 0 Å². The molecule has 0 fully saturated rings. The Morgan fingerprint density at radius 1 is 0.679 bits per heavy atom. The van der Waals surface area contributed by atoms with Crippen molar-refractivity contribution in [2.24, 2.45) is 0 Å². The maximum Gasteiger partial charge on any atom is 0.224 e. The minimum atomic E-state index is 0. The fourth-order valence-corrected chi connectivity index (χ4v) is 3.46. The lowest BCUT2D eigenvalue weighted by Crippen LogP contribution is -3.00. The van der Waals surface area contributed by atoms with Crippen molar-refractivity contribution in [2.45, 2.75) is 116 Å². The minimum absolute atomic E-state index is 0. The zero-order valence-electron chi connectivity index (χ0n) is 18.1. The van der Waals surface area contributed by atoms with Gasteiger partial charge in [-0.15, -0.1) is 0 Å². The highest BCUT2D eigenvalue weighted by molar-refractivity contribution is 5.75. The summed E-state index contributed by atoms with van der Waals surface area (Å²) in [6, 6.07) is 5.93. The molecule has 0 unspecified atom stereocenters. The van der Waals surface area contributed by atoms with E-state index in [1.807, 2.05) is 35.2 Å². The molecule has 0 atom stereocenters. The van der Waals surface area contributed by atoms with Gasteiger partial charge >= 0.3 is 0 Å². The van der Waals surface area contributed by atoms with Crippen molar-refractivity contribution in [1.29, 1.82) is 0 Å².